The van der Waals surface area contributed by atoms with Gasteiger partial charge in [-0.3, -0.25) is 4.79 Å². The molecular weight excluding hydrogens is 759 g/mol. The summed E-state index contributed by atoms with van der Waals surface area (Å²) in [4.78, 5) is 13.1. The van der Waals surface area contributed by atoms with Crippen LogP contribution in [-0.2, 0) is 14.3 Å². The van der Waals surface area contributed by atoms with Crippen LogP contribution in [0.4, 0.5) is 0 Å². The van der Waals surface area contributed by atoms with Crippen molar-refractivity contribution >= 4 is 5.91 Å². The SMILES string of the molecule is CCCCCCCCCCCCCCCCCCCCCCCC[C@@H](O)C(=O)N[C@@H](CO[C@H]1O[C@H](CO)[C@H](O)[C@H](O)[C@H]1O)[C@H](O)CCCCCCCCCCCCCCC. The zero-order chi connectivity index (χ0) is 43.9. The second-order valence-corrected chi connectivity index (χ2v) is 18.5. The topological polar surface area (TPSA) is 169 Å². The summed E-state index contributed by atoms with van der Waals surface area (Å²) >= 11 is 0. The van der Waals surface area contributed by atoms with Crippen LogP contribution in [0.5, 0.6) is 0 Å². The lowest BCUT2D eigenvalue weighted by Crippen LogP contribution is -2.60. The molecule has 0 bridgehead atoms. The molecule has 1 aliphatic heterocycles. The first-order valence-corrected chi connectivity index (χ1v) is 25.8. The summed E-state index contributed by atoms with van der Waals surface area (Å²) in [6.07, 6.45) is 35.9. The van der Waals surface area contributed by atoms with Gasteiger partial charge < -0.3 is 45.4 Å². The van der Waals surface area contributed by atoms with E-state index in [1.807, 2.05) is 0 Å². The van der Waals surface area contributed by atoms with Crippen LogP contribution in [-0.4, -0.2) is 98.7 Å². The van der Waals surface area contributed by atoms with Crippen LogP contribution in [0, 0.1) is 0 Å². The Morgan fingerprint density at radius 1 is 0.500 bits per heavy atom. The Morgan fingerprint density at radius 2 is 0.833 bits per heavy atom. The molecule has 0 aromatic carbocycles. The molecule has 10 nitrogen and oxygen atoms in total. The molecule has 1 rings (SSSR count). The fourth-order valence-corrected chi connectivity index (χ4v) is 8.58. The molecule has 0 aliphatic carbocycles. The van der Waals surface area contributed by atoms with Gasteiger partial charge in [-0.05, 0) is 12.8 Å². The molecule has 60 heavy (non-hydrogen) atoms. The Hall–Kier alpha value is -0.850. The minimum atomic E-state index is -1.59. The summed E-state index contributed by atoms with van der Waals surface area (Å²) in [6, 6.07) is -0.888. The molecule has 0 spiro atoms. The quantitative estimate of drug-likeness (QED) is 0.0295. The van der Waals surface area contributed by atoms with Crippen molar-refractivity contribution in [2.24, 2.45) is 0 Å². The molecule has 0 unspecified atom stereocenters. The zero-order valence-electron chi connectivity index (χ0n) is 39.1. The van der Waals surface area contributed by atoms with Crippen molar-refractivity contribution in [2.75, 3.05) is 13.2 Å². The van der Waals surface area contributed by atoms with Gasteiger partial charge in [0.2, 0.25) is 5.91 Å². The molecule has 1 saturated heterocycles. The van der Waals surface area contributed by atoms with Gasteiger partial charge in [0, 0.05) is 0 Å². The number of carbonyl (C=O) groups excluding carboxylic acids is 1. The Kier molecular flexibility index (Phi) is 39.0. The van der Waals surface area contributed by atoms with Gasteiger partial charge in [0.25, 0.3) is 0 Å². The molecule has 0 aromatic heterocycles. The third-order valence-electron chi connectivity index (χ3n) is 12.8. The number of rotatable bonds is 44. The maximum atomic E-state index is 13.1. The molecule has 0 radical (unpaired) electrons. The van der Waals surface area contributed by atoms with Gasteiger partial charge in [-0.25, -0.2) is 0 Å². The minimum absolute atomic E-state index is 0.250. The van der Waals surface area contributed by atoms with Crippen molar-refractivity contribution in [2.45, 2.75) is 300 Å². The van der Waals surface area contributed by atoms with Crippen molar-refractivity contribution in [1.29, 1.82) is 0 Å². The summed E-state index contributed by atoms with van der Waals surface area (Å²) in [5, 5.41) is 65.0. The van der Waals surface area contributed by atoms with Gasteiger partial charge >= 0.3 is 0 Å². The number of ether oxygens (including phenoxy) is 2. The third-order valence-corrected chi connectivity index (χ3v) is 12.8. The van der Waals surface area contributed by atoms with Crippen LogP contribution in [0.3, 0.4) is 0 Å². The predicted octanol–water partition coefficient (Wildman–Crippen LogP) is 10.5. The fraction of sp³-hybridized carbons (Fsp3) is 0.980. The van der Waals surface area contributed by atoms with E-state index in [1.54, 1.807) is 0 Å². The number of aliphatic hydroxyl groups is 6. The van der Waals surface area contributed by atoms with Crippen molar-refractivity contribution in [3.05, 3.63) is 0 Å². The van der Waals surface area contributed by atoms with E-state index in [0.717, 1.165) is 44.9 Å². The molecular formula is C50H99NO9. The van der Waals surface area contributed by atoms with Crippen LogP contribution in [0.25, 0.3) is 0 Å². The van der Waals surface area contributed by atoms with E-state index < -0.39 is 61.5 Å². The first-order valence-electron chi connectivity index (χ1n) is 25.8. The van der Waals surface area contributed by atoms with Crippen LogP contribution >= 0.6 is 0 Å². The molecule has 8 atom stereocenters. The Bertz CT molecular complexity index is 926. The summed E-state index contributed by atoms with van der Waals surface area (Å²) in [5.41, 5.74) is 0. The highest BCUT2D eigenvalue weighted by Gasteiger charge is 2.44. The minimum Gasteiger partial charge on any atom is -0.394 e. The van der Waals surface area contributed by atoms with E-state index >= 15 is 0 Å². The van der Waals surface area contributed by atoms with Crippen LogP contribution in [0.15, 0.2) is 0 Å². The zero-order valence-corrected chi connectivity index (χ0v) is 39.1. The second kappa shape index (κ2) is 40.9. The normalized spacial score (nSPS) is 21.0. The highest BCUT2D eigenvalue weighted by Crippen LogP contribution is 2.23. The Labute approximate surface area is 368 Å². The number of hydrogen-bond donors (Lipinski definition) is 7. The molecule has 0 saturated carbocycles. The van der Waals surface area contributed by atoms with Gasteiger partial charge in [-0.15, -0.1) is 0 Å². The van der Waals surface area contributed by atoms with E-state index in [2.05, 4.69) is 19.2 Å². The van der Waals surface area contributed by atoms with E-state index in [1.165, 1.54) is 180 Å². The highest BCUT2D eigenvalue weighted by molar-refractivity contribution is 5.80. The average molecular weight is 858 g/mol. The largest absolute Gasteiger partial charge is 0.394 e. The Morgan fingerprint density at radius 3 is 1.18 bits per heavy atom. The first kappa shape index (κ1) is 57.2. The summed E-state index contributed by atoms with van der Waals surface area (Å²) in [7, 11) is 0. The maximum Gasteiger partial charge on any atom is 0.249 e. The summed E-state index contributed by atoms with van der Waals surface area (Å²) in [6.45, 7) is 3.69. The number of nitrogens with one attached hydrogen (secondary N) is 1. The van der Waals surface area contributed by atoms with Crippen molar-refractivity contribution in [3.8, 4) is 0 Å². The smallest absolute Gasteiger partial charge is 0.249 e. The number of amides is 1. The van der Waals surface area contributed by atoms with Crippen molar-refractivity contribution in [3.63, 3.8) is 0 Å². The highest BCUT2D eigenvalue weighted by atomic mass is 16.7. The van der Waals surface area contributed by atoms with Gasteiger partial charge in [0.05, 0.1) is 25.4 Å². The summed E-state index contributed by atoms with van der Waals surface area (Å²) < 4.78 is 11.2. The summed E-state index contributed by atoms with van der Waals surface area (Å²) in [5.74, 6) is -0.578. The lowest BCUT2D eigenvalue weighted by molar-refractivity contribution is -0.302. The molecule has 1 aliphatic rings. The number of carbonyl (C=O) groups is 1. The van der Waals surface area contributed by atoms with Crippen LogP contribution < -0.4 is 5.32 Å². The first-order chi connectivity index (χ1) is 29.3. The van der Waals surface area contributed by atoms with Gasteiger partial charge in [0.1, 0.15) is 30.5 Å². The standard InChI is InChI=1S/C50H99NO9/c1-3-5-7-9-11-13-15-17-18-19-20-21-22-23-24-25-27-29-31-33-35-37-39-44(54)49(58)51-42(41-59-50-48(57)47(56)46(55)45(40-52)60-50)43(53)38-36-34-32-30-28-26-16-14-12-10-8-6-4-2/h42-48,50,52-57H,3-41H2,1-2H3,(H,51,58)/t42-,43+,44+,45+,46-,47-,48+,50-/m0/s1. The molecule has 0 aromatic rings. The average Bonchev–Trinajstić information content (AvgIpc) is 3.25. The second-order valence-electron chi connectivity index (χ2n) is 18.5. The van der Waals surface area contributed by atoms with Crippen LogP contribution in [0.2, 0.25) is 0 Å². The van der Waals surface area contributed by atoms with Crippen molar-refractivity contribution < 1.29 is 44.9 Å². The van der Waals surface area contributed by atoms with Gasteiger partial charge in [0.15, 0.2) is 6.29 Å². The van der Waals surface area contributed by atoms with Crippen LogP contribution in [0.1, 0.15) is 251 Å². The van der Waals surface area contributed by atoms with Gasteiger partial charge in [-0.2, -0.15) is 0 Å². The molecule has 1 amide bonds. The maximum absolute atomic E-state index is 13.1. The Balaban J connectivity index is 2.27. The monoisotopic (exact) mass is 858 g/mol. The molecule has 358 valence electrons. The lowest BCUT2D eigenvalue weighted by atomic mass is 9.99. The predicted molar refractivity (Wildman–Crippen MR) is 246 cm³/mol. The van der Waals surface area contributed by atoms with E-state index in [4.69, 9.17) is 9.47 Å². The van der Waals surface area contributed by atoms with Gasteiger partial charge in [-0.1, -0.05) is 239 Å². The molecule has 1 fully saturated rings. The number of hydrogen-bond acceptors (Lipinski definition) is 9. The molecule has 1 heterocycles. The van der Waals surface area contributed by atoms with Crippen molar-refractivity contribution in [1.82, 2.24) is 5.32 Å². The number of unbranched alkanes of at least 4 members (excludes halogenated alkanes) is 33. The fourth-order valence-electron chi connectivity index (χ4n) is 8.58. The molecule has 10 heteroatoms. The molecule has 7 N–H and O–H groups in total. The van der Waals surface area contributed by atoms with E-state index in [9.17, 15) is 35.4 Å². The lowest BCUT2D eigenvalue weighted by Gasteiger charge is -2.40. The van der Waals surface area contributed by atoms with E-state index in [0.29, 0.717) is 12.8 Å². The van der Waals surface area contributed by atoms with E-state index in [-0.39, 0.29) is 6.61 Å². The third kappa shape index (κ3) is 30.3. The number of aliphatic hydroxyl groups excluding tert-OH is 6.